The van der Waals surface area contributed by atoms with Gasteiger partial charge in [-0.15, -0.1) is 6.42 Å². The Morgan fingerprint density at radius 2 is 1.73 bits per heavy atom. The molecule has 1 aliphatic rings. The summed E-state index contributed by atoms with van der Waals surface area (Å²) < 4.78 is 5.37. The van der Waals surface area contributed by atoms with Crippen LogP contribution in [0.1, 0.15) is 38.5 Å². The maximum Gasteiger partial charge on any atom is 0.128 e. The molecule has 0 radical (unpaired) electrons. The molecule has 0 bridgehead atoms. The molecule has 0 aromatic carbocycles. The lowest BCUT2D eigenvalue weighted by Crippen LogP contribution is -2.28. The highest BCUT2D eigenvalue weighted by atomic mass is 16.5. The Kier molecular flexibility index (Phi) is 2.96. The van der Waals surface area contributed by atoms with Crippen LogP contribution in [0.4, 0.5) is 0 Å². The lowest BCUT2D eigenvalue weighted by Gasteiger charge is -2.24. The van der Waals surface area contributed by atoms with Crippen molar-refractivity contribution in [2.24, 2.45) is 0 Å². The molecule has 1 saturated carbocycles. The van der Waals surface area contributed by atoms with Gasteiger partial charge in [0, 0.05) is 7.11 Å². The Labute approximate surface area is 69.1 Å². The van der Waals surface area contributed by atoms with E-state index in [1.165, 1.54) is 25.7 Å². The normalized spacial score (nSPS) is 23.6. The van der Waals surface area contributed by atoms with Crippen molar-refractivity contribution in [3.8, 4) is 12.3 Å². The Hall–Kier alpha value is -0.480. The molecule has 62 valence electrons. The molecule has 0 aromatic heterocycles. The SMILES string of the molecule is C#CC1(OC)CCCCCC1. The van der Waals surface area contributed by atoms with Crippen LogP contribution < -0.4 is 0 Å². The highest BCUT2D eigenvalue weighted by Crippen LogP contribution is 2.28. The zero-order valence-electron chi connectivity index (χ0n) is 7.23. The van der Waals surface area contributed by atoms with Crippen molar-refractivity contribution in [1.29, 1.82) is 0 Å². The second-order valence-electron chi connectivity index (χ2n) is 3.26. The van der Waals surface area contributed by atoms with Crippen molar-refractivity contribution in [3.63, 3.8) is 0 Å². The quantitative estimate of drug-likeness (QED) is 0.414. The van der Waals surface area contributed by atoms with Crippen LogP contribution in [0.2, 0.25) is 0 Å². The first-order valence-electron chi connectivity index (χ1n) is 4.36. The zero-order chi connectivity index (χ0) is 8.16. The Morgan fingerprint density at radius 3 is 2.09 bits per heavy atom. The van der Waals surface area contributed by atoms with Gasteiger partial charge in [0.15, 0.2) is 0 Å². The minimum absolute atomic E-state index is 0.226. The standard InChI is InChI=1S/C10H16O/c1-3-10(11-2)8-6-4-5-7-9-10/h1H,4-9H2,2H3. The van der Waals surface area contributed by atoms with Crippen LogP contribution >= 0.6 is 0 Å². The van der Waals surface area contributed by atoms with Gasteiger partial charge in [-0.1, -0.05) is 18.8 Å². The summed E-state index contributed by atoms with van der Waals surface area (Å²) >= 11 is 0. The fourth-order valence-electron chi connectivity index (χ4n) is 1.71. The summed E-state index contributed by atoms with van der Waals surface area (Å²) in [6, 6.07) is 0. The minimum atomic E-state index is -0.226. The summed E-state index contributed by atoms with van der Waals surface area (Å²) in [7, 11) is 1.73. The fraction of sp³-hybridized carbons (Fsp3) is 0.800. The molecular formula is C10H16O. The number of hydrogen-bond donors (Lipinski definition) is 0. The first kappa shape index (κ1) is 8.62. The van der Waals surface area contributed by atoms with E-state index in [1.54, 1.807) is 7.11 Å². The van der Waals surface area contributed by atoms with Crippen molar-refractivity contribution < 1.29 is 4.74 Å². The summed E-state index contributed by atoms with van der Waals surface area (Å²) in [5.41, 5.74) is -0.226. The molecule has 1 rings (SSSR count). The molecular weight excluding hydrogens is 136 g/mol. The van der Waals surface area contributed by atoms with Crippen LogP contribution in [0.3, 0.4) is 0 Å². The van der Waals surface area contributed by atoms with E-state index >= 15 is 0 Å². The third kappa shape index (κ3) is 1.97. The first-order valence-corrected chi connectivity index (χ1v) is 4.36. The first-order chi connectivity index (χ1) is 5.33. The second kappa shape index (κ2) is 3.78. The Morgan fingerprint density at radius 1 is 1.18 bits per heavy atom. The topological polar surface area (TPSA) is 9.23 Å². The summed E-state index contributed by atoms with van der Waals surface area (Å²) in [6.45, 7) is 0. The highest BCUT2D eigenvalue weighted by Gasteiger charge is 2.27. The molecule has 1 aliphatic carbocycles. The second-order valence-corrected chi connectivity index (χ2v) is 3.26. The number of rotatable bonds is 1. The van der Waals surface area contributed by atoms with Crippen LogP contribution in [-0.2, 0) is 4.74 Å². The van der Waals surface area contributed by atoms with Crippen molar-refractivity contribution >= 4 is 0 Å². The fourth-order valence-corrected chi connectivity index (χ4v) is 1.71. The highest BCUT2D eigenvalue weighted by molar-refractivity contribution is 5.08. The number of ether oxygens (including phenoxy) is 1. The summed E-state index contributed by atoms with van der Waals surface area (Å²) in [5, 5.41) is 0. The van der Waals surface area contributed by atoms with Crippen molar-refractivity contribution in [2.75, 3.05) is 7.11 Å². The third-order valence-electron chi connectivity index (χ3n) is 2.57. The predicted molar refractivity (Wildman–Crippen MR) is 46.3 cm³/mol. The van der Waals surface area contributed by atoms with Gasteiger partial charge in [0.05, 0.1) is 0 Å². The van der Waals surface area contributed by atoms with E-state index in [9.17, 15) is 0 Å². The smallest absolute Gasteiger partial charge is 0.128 e. The average molecular weight is 152 g/mol. The van der Waals surface area contributed by atoms with E-state index in [-0.39, 0.29) is 5.60 Å². The van der Waals surface area contributed by atoms with Gasteiger partial charge in [0.25, 0.3) is 0 Å². The van der Waals surface area contributed by atoms with E-state index in [4.69, 9.17) is 11.2 Å². The summed E-state index contributed by atoms with van der Waals surface area (Å²) in [6.07, 6.45) is 12.6. The van der Waals surface area contributed by atoms with Gasteiger partial charge >= 0.3 is 0 Å². The molecule has 0 saturated heterocycles. The van der Waals surface area contributed by atoms with E-state index in [1.807, 2.05) is 0 Å². The van der Waals surface area contributed by atoms with Crippen molar-refractivity contribution in [1.82, 2.24) is 0 Å². The Bertz CT molecular complexity index is 147. The monoisotopic (exact) mass is 152 g/mol. The molecule has 11 heavy (non-hydrogen) atoms. The van der Waals surface area contributed by atoms with Gasteiger partial charge in [-0.3, -0.25) is 0 Å². The predicted octanol–water partition coefficient (Wildman–Crippen LogP) is 2.36. The largest absolute Gasteiger partial charge is 0.366 e. The third-order valence-corrected chi connectivity index (χ3v) is 2.57. The maximum atomic E-state index is 5.44. The molecule has 0 aromatic rings. The molecule has 0 unspecified atom stereocenters. The van der Waals surface area contributed by atoms with Gasteiger partial charge in [-0.2, -0.15) is 0 Å². The number of hydrogen-bond acceptors (Lipinski definition) is 1. The molecule has 0 aliphatic heterocycles. The lowest BCUT2D eigenvalue weighted by atomic mass is 9.95. The summed E-state index contributed by atoms with van der Waals surface area (Å²) in [4.78, 5) is 0. The van der Waals surface area contributed by atoms with Crippen LogP contribution in [-0.4, -0.2) is 12.7 Å². The molecule has 0 spiro atoms. The van der Waals surface area contributed by atoms with Crippen LogP contribution in [0, 0.1) is 12.3 Å². The van der Waals surface area contributed by atoms with Crippen LogP contribution in [0.5, 0.6) is 0 Å². The molecule has 1 heteroatoms. The molecule has 1 nitrogen and oxygen atoms in total. The zero-order valence-corrected chi connectivity index (χ0v) is 7.23. The molecule has 0 N–H and O–H groups in total. The van der Waals surface area contributed by atoms with E-state index in [0.717, 1.165) is 12.8 Å². The average Bonchev–Trinajstić information content (AvgIpc) is 2.30. The lowest BCUT2D eigenvalue weighted by molar-refractivity contribution is 0.0284. The number of methoxy groups -OCH3 is 1. The number of terminal acetylenes is 1. The van der Waals surface area contributed by atoms with E-state index in [2.05, 4.69) is 5.92 Å². The van der Waals surface area contributed by atoms with Gasteiger partial charge in [-0.25, -0.2) is 0 Å². The maximum absolute atomic E-state index is 5.44. The molecule has 0 heterocycles. The van der Waals surface area contributed by atoms with Crippen molar-refractivity contribution in [2.45, 2.75) is 44.1 Å². The van der Waals surface area contributed by atoms with E-state index < -0.39 is 0 Å². The van der Waals surface area contributed by atoms with Gasteiger partial charge in [-0.05, 0) is 25.7 Å². The van der Waals surface area contributed by atoms with Gasteiger partial charge < -0.3 is 4.74 Å². The molecule has 0 amide bonds. The van der Waals surface area contributed by atoms with Gasteiger partial charge in [0.1, 0.15) is 5.60 Å². The van der Waals surface area contributed by atoms with Crippen LogP contribution in [0.15, 0.2) is 0 Å². The molecule has 0 atom stereocenters. The van der Waals surface area contributed by atoms with Crippen molar-refractivity contribution in [3.05, 3.63) is 0 Å². The van der Waals surface area contributed by atoms with Crippen LogP contribution in [0.25, 0.3) is 0 Å². The minimum Gasteiger partial charge on any atom is -0.366 e. The van der Waals surface area contributed by atoms with E-state index in [0.29, 0.717) is 0 Å². The Balaban J connectivity index is 2.58. The summed E-state index contributed by atoms with van der Waals surface area (Å²) in [5.74, 6) is 2.78. The molecule has 1 fully saturated rings. The van der Waals surface area contributed by atoms with Gasteiger partial charge in [0.2, 0.25) is 0 Å².